The largest absolute Gasteiger partial charge is 0.424 e. The van der Waals surface area contributed by atoms with Crippen LogP contribution in [0.5, 0.6) is 11.8 Å². The molecule has 1 aromatic carbocycles. The van der Waals surface area contributed by atoms with Gasteiger partial charge >= 0.3 is 6.01 Å². The summed E-state index contributed by atoms with van der Waals surface area (Å²) in [6, 6.07) is 7.64. The zero-order chi connectivity index (χ0) is 23.6. The van der Waals surface area contributed by atoms with Crippen LogP contribution >= 0.6 is 0 Å². The van der Waals surface area contributed by atoms with Crippen molar-refractivity contribution in [3.8, 4) is 23.0 Å². The zero-order valence-corrected chi connectivity index (χ0v) is 20.2. The highest BCUT2D eigenvalue weighted by atomic mass is 32.2. The Morgan fingerprint density at radius 3 is 2.28 bits per heavy atom. The molecule has 0 aliphatic heterocycles. The van der Waals surface area contributed by atoms with E-state index in [2.05, 4.69) is 9.97 Å². The Labute approximate surface area is 189 Å². The van der Waals surface area contributed by atoms with Crippen molar-refractivity contribution < 1.29 is 13.2 Å². The normalized spacial score (nSPS) is 11.6. The molecular formula is C24H29N3O4S. The maximum atomic E-state index is 12.6. The summed E-state index contributed by atoms with van der Waals surface area (Å²) in [4.78, 5) is 21.3. The number of para-hydroxylation sites is 1. The fourth-order valence-corrected chi connectivity index (χ4v) is 5.12. The Kier molecular flexibility index (Phi) is 6.83. The first-order chi connectivity index (χ1) is 15.0. The summed E-state index contributed by atoms with van der Waals surface area (Å²) >= 11 is 0. The number of hydrogen-bond donors (Lipinski definition) is 0. The third kappa shape index (κ3) is 5.07. The highest BCUT2D eigenvalue weighted by Crippen LogP contribution is 2.31. The number of aryl methyl sites for hydroxylation is 4. The van der Waals surface area contributed by atoms with Crippen LogP contribution < -0.4 is 10.3 Å². The van der Waals surface area contributed by atoms with Gasteiger partial charge in [-0.15, -0.1) is 0 Å². The fraction of sp³-hybridized carbons (Fsp3) is 0.375. The lowest BCUT2D eigenvalue weighted by Gasteiger charge is -2.16. The summed E-state index contributed by atoms with van der Waals surface area (Å²) in [5, 5.41) is 0. The molecule has 170 valence electrons. The predicted octanol–water partition coefficient (Wildman–Crippen LogP) is 4.19. The van der Waals surface area contributed by atoms with Crippen molar-refractivity contribution in [3.05, 3.63) is 68.8 Å². The highest BCUT2D eigenvalue weighted by molar-refractivity contribution is 7.90. The molecule has 8 heteroatoms. The molecule has 0 saturated heterocycles. The van der Waals surface area contributed by atoms with Gasteiger partial charge in [0.05, 0.1) is 22.9 Å². The van der Waals surface area contributed by atoms with Gasteiger partial charge in [-0.05, 0) is 56.9 Å². The van der Waals surface area contributed by atoms with E-state index in [4.69, 9.17) is 4.74 Å². The maximum absolute atomic E-state index is 12.6. The third-order valence-electron chi connectivity index (χ3n) is 5.34. The molecule has 0 spiro atoms. The molecule has 7 nitrogen and oxygen atoms in total. The minimum absolute atomic E-state index is 0.0798. The topological polar surface area (TPSA) is 91.2 Å². The third-order valence-corrected chi connectivity index (χ3v) is 7.08. The molecule has 0 unspecified atom stereocenters. The van der Waals surface area contributed by atoms with Crippen LogP contribution in [0.1, 0.15) is 41.3 Å². The fourth-order valence-electron chi connectivity index (χ4n) is 3.66. The number of rotatable bonds is 7. The zero-order valence-electron chi connectivity index (χ0n) is 19.4. The van der Waals surface area contributed by atoms with Crippen molar-refractivity contribution in [1.29, 1.82) is 0 Å². The smallest absolute Gasteiger partial charge is 0.322 e. The first-order valence-corrected chi connectivity index (χ1v) is 12.3. The molecule has 0 atom stereocenters. The van der Waals surface area contributed by atoms with Crippen LogP contribution in [0.25, 0.3) is 11.3 Å². The quantitative estimate of drug-likeness (QED) is 0.530. The van der Waals surface area contributed by atoms with Gasteiger partial charge in [-0.1, -0.05) is 25.1 Å². The van der Waals surface area contributed by atoms with Crippen LogP contribution in [0, 0.1) is 27.7 Å². The van der Waals surface area contributed by atoms with E-state index in [0.717, 1.165) is 11.1 Å². The summed E-state index contributed by atoms with van der Waals surface area (Å²) in [7, 11) is -1.66. The number of benzene rings is 1. The van der Waals surface area contributed by atoms with Crippen molar-refractivity contribution in [2.45, 2.75) is 46.8 Å². The summed E-state index contributed by atoms with van der Waals surface area (Å²) < 4.78 is 32.7. The molecule has 0 amide bonds. The number of aromatic nitrogens is 3. The molecule has 3 rings (SSSR count). The van der Waals surface area contributed by atoms with E-state index in [-0.39, 0.29) is 23.1 Å². The van der Waals surface area contributed by atoms with Crippen LogP contribution in [0.4, 0.5) is 0 Å². The molecular weight excluding hydrogens is 426 g/mol. The van der Waals surface area contributed by atoms with Gasteiger partial charge in [0.25, 0.3) is 5.56 Å². The molecule has 32 heavy (non-hydrogen) atoms. The Hall–Kier alpha value is -3.00. The van der Waals surface area contributed by atoms with E-state index in [9.17, 15) is 13.2 Å². The van der Waals surface area contributed by atoms with Gasteiger partial charge < -0.3 is 9.30 Å². The second-order valence-corrected chi connectivity index (χ2v) is 10.4. The summed E-state index contributed by atoms with van der Waals surface area (Å²) in [6.45, 7) is 9.23. The van der Waals surface area contributed by atoms with E-state index in [1.165, 1.54) is 4.57 Å². The van der Waals surface area contributed by atoms with Crippen molar-refractivity contribution in [2.24, 2.45) is 7.05 Å². The molecule has 0 radical (unpaired) electrons. The second kappa shape index (κ2) is 9.24. The minimum atomic E-state index is -3.34. The lowest BCUT2D eigenvalue weighted by atomic mass is 10.1. The average molecular weight is 456 g/mol. The first-order valence-electron chi connectivity index (χ1n) is 10.5. The summed E-state index contributed by atoms with van der Waals surface area (Å²) in [5.41, 5.74) is 4.61. The van der Waals surface area contributed by atoms with Crippen LogP contribution in [0.2, 0.25) is 0 Å². The van der Waals surface area contributed by atoms with Gasteiger partial charge in [0.2, 0.25) is 0 Å². The SMILES string of the molecule is CCCS(=O)(=O)Cc1nc(Oc2c(C)cccc2C)nc(-c2cc(C)c(=O)n(C)c2)c1C. The van der Waals surface area contributed by atoms with Crippen molar-refractivity contribution in [2.75, 3.05) is 5.75 Å². The monoisotopic (exact) mass is 455 g/mol. The van der Waals surface area contributed by atoms with E-state index in [1.54, 1.807) is 33.2 Å². The standard InChI is InChI=1S/C24H29N3O4S/c1-7-11-32(29,30)14-20-18(5)21(19-12-17(4)23(28)27(6)13-19)26-24(25-20)31-22-15(2)9-8-10-16(22)3/h8-10,12-13H,7,11,14H2,1-6H3. The van der Waals surface area contributed by atoms with E-state index >= 15 is 0 Å². The van der Waals surface area contributed by atoms with Gasteiger partial charge in [0, 0.05) is 24.4 Å². The highest BCUT2D eigenvalue weighted by Gasteiger charge is 2.21. The number of pyridine rings is 1. The van der Waals surface area contributed by atoms with Crippen molar-refractivity contribution >= 4 is 9.84 Å². The number of nitrogens with zero attached hydrogens (tertiary/aromatic N) is 3. The Balaban J connectivity index is 2.21. The van der Waals surface area contributed by atoms with Crippen LogP contribution in [-0.2, 0) is 22.6 Å². The maximum Gasteiger partial charge on any atom is 0.322 e. The van der Waals surface area contributed by atoms with E-state index in [0.29, 0.717) is 40.2 Å². The average Bonchev–Trinajstić information content (AvgIpc) is 2.70. The van der Waals surface area contributed by atoms with E-state index in [1.807, 2.05) is 39.0 Å². The Morgan fingerprint density at radius 2 is 1.69 bits per heavy atom. The van der Waals surface area contributed by atoms with Gasteiger partial charge in [0.1, 0.15) is 5.75 Å². The van der Waals surface area contributed by atoms with Crippen molar-refractivity contribution in [3.63, 3.8) is 0 Å². The molecule has 0 N–H and O–H groups in total. The lowest BCUT2D eigenvalue weighted by molar-refractivity contribution is 0.434. The summed E-state index contributed by atoms with van der Waals surface area (Å²) in [5.74, 6) is 0.523. The molecule has 3 aromatic rings. The molecule has 2 aromatic heterocycles. The van der Waals surface area contributed by atoms with Crippen LogP contribution in [0.3, 0.4) is 0 Å². The molecule has 0 aliphatic rings. The second-order valence-electron chi connectivity index (χ2n) is 8.17. The summed E-state index contributed by atoms with van der Waals surface area (Å²) in [6.07, 6.45) is 2.23. The minimum Gasteiger partial charge on any atom is -0.424 e. The molecule has 0 bridgehead atoms. The van der Waals surface area contributed by atoms with Crippen LogP contribution in [-0.4, -0.2) is 28.7 Å². The predicted molar refractivity (Wildman–Crippen MR) is 126 cm³/mol. The molecule has 0 saturated carbocycles. The van der Waals surface area contributed by atoms with Gasteiger partial charge in [-0.25, -0.2) is 8.42 Å². The van der Waals surface area contributed by atoms with E-state index < -0.39 is 9.84 Å². The van der Waals surface area contributed by atoms with Gasteiger partial charge in [-0.2, -0.15) is 9.97 Å². The molecule has 0 aliphatic carbocycles. The van der Waals surface area contributed by atoms with Crippen LogP contribution in [0.15, 0.2) is 35.3 Å². The Morgan fingerprint density at radius 1 is 1.03 bits per heavy atom. The number of sulfone groups is 1. The Bertz CT molecular complexity index is 1280. The molecule has 2 heterocycles. The first kappa shape index (κ1) is 23.7. The van der Waals surface area contributed by atoms with Crippen molar-refractivity contribution in [1.82, 2.24) is 14.5 Å². The van der Waals surface area contributed by atoms with Gasteiger partial charge in [0.15, 0.2) is 9.84 Å². The number of ether oxygens (including phenoxy) is 1. The number of hydrogen-bond acceptors (Lipinski definition) is 6. The van der Waals surface area contributed by atoms with Gasteiger partial charge in [-0.3, -0.25) is 4.79 Å². The molecule has 0 fully saturated rings. The lowest BCUT2D eigenvalue weighted by Crippen LogP contribution is -2.19.